The monoisotopic (exact) mass is 532 g/mol. The molecule has 6 nitrogen and oxygen atoms in total. The van der Waals surface area contributed by atoms with Crippen molar-refractivity contribution in [1.29, 1.82) is 0 Å². The molecule has 0 amide bonds. The first-order chi connectivity index (χ1) is 20.1. The summed E-state index contributed by atoms with van der Waals surface area (Å²) < 4.78 is 2.02. The molecular weight excluding hydrogens is 508 g/mol. The molecule has 41 heavy (non-hydrogen) atoms. The van der Waals surface area contributed by atoms with Gasteiger partial charge < -0.3 is 10.2 Å². The minimum atomic E-state index is 0.194. The Bertz CT molecular complexity index is 2130. The summed E-state index contributed by atoms with van der Waals surface area (Å²) in [5.41, 5.74) is 5.63. The third-order valence-corrected chi connectivity index (χ3v) is 7.24. The largest absolute Gasteiger partial charge is 0.507 e. The van der Waals surface area contributed by atoms with Crippen LogP contribution < -0.4 is 0 Å². The molecule has 6 aromatic carbocycles. The summed E-state index contributed by atoms with van der Waals surface area (Å²) in [6.07, 6.45) is 5.20. The fraction of sp³-hybridized carbons (Fsp3) is 0. The summed E-state index contributed by atoms with van der Waals surface area (Å²) >= 11 is 0. The van der Waals surface area contributed by atoms with Gasteiger partial charge in [0.05, 0.1) is 22.4 Å². The zero-order chi connectivity index (χ0) is 27.8. The summed E-state index contributed by atoms with van der Waals surface area (Å²) in [6, 6.07) is 36.8. The number of nitrogens with zero attached hydrogens (tertiary/aromatic N) is 4. The van der Waals surface area contributed by atoms with E-state index in [9.17, 15) is 10.2 Å². The standard InChI is InChI=1S/C35H24N4O2/c40-34-17-9-23-5-1-3-7-28(23)30(34)20-36-25-11-14-27(15-12-25)39-22-38-32-19-26(13-16-33(32)39)37-21-31-29-8-4-2-6-24(29)10-18-35(31)41/h1-22,40-41H. The van der Waals surface area contributed by atoms with Crippen LogP contribution in [0, 0.1) is 0 Å². The van der Waals surface area contributed by atoms with Gasteiger partial charge in [0.1, 0.15) is 17.8 Å². The van der Waals surface area contributed by atoms with Crippen LogP contribution in [0.25, 0.3) is 38.3 Å². The molecule has 0 spiro atoms. The van der Waals surface area contributed by atoms with E-state index in [2.05, 4.69) is 15.0 Å². The molecule has 6 heteroatoms. The lowest BCUT2D eigenvalue weighted by atomic mass is 10.0. The zero-order valence-electron chi connectivity index (χ0n) is 21.9. The van der Waals surface area contributed by atoms with Gasteiger partial charge >= 0.3 is 0 Å². The summed E-state index contributed by atoms with van der Waals surface area (Å²) in [6.45, 7) is 0. The van der Waals surface area contributed by atoms with E-state index in [0.717, 1.165) is 49.6 Å². The summed E-state index contributed by atoms with van der Waals surface area (Å²) in [5.74, 6) is 0.395. The molecule has 0 atom stereocenters. The number of phenols is 2. The molecule has 1 heterocycles. The van der Waals surface area contributed by atoms with Crippen LogP contribution in [0.2, 0.25) is 0 Å². The van der Waals surface area contributed by atoms with Crippen LogP contribution in [-0.4, -0.2) is 32.2 Å². The van der Waals surface area contributed by atoms with Gasteiger partial charge in [-0.15, -0.1) is 0 Å². The smallest absolute Gasteiger partial charge is 0.124 e. The average molecular weight is 533 g/mol. The predicted molar refractivity (Wildman–Crippen MR) is 167 cm³/mol. The summed E-state index contributed by atoms with van der Waals surface area (Å²) in [4.78, 5) is 13.8. The van der Waals surface area contributed by atoms with Gasteiger partial charge in [0.15, 0.2) is 0 Å². The average Bonchev–Trinajstić information content (AvgIpc) is 3.44. The number of fused-ring (bicyclic) bond motifs is 3. The first-order valence-corrected chi connectivity index (χ1v) is 13.2. The maximum atomic E-state index is 10.4. The third kappa shape index (κ3) is 4.57. The highest BCUT2D eigenvalue weighted by Crippen LogP contribution is 2.29. The number of hydrogen-bond donors (Lipinski definition) is 2. The van der Waals surface area contributed by atoms with Crippen LogP contribution in [0.4, 0.5) is 11.4 Å². The number of hydrogen-bond acceptors (Lipinski definition) is 5. The van der Waals surface area contributed by atoms with Gasteiger partial charge in [0.2, 0.25) is 0 Å². The van der Waals surface area contributed by atoms with E-state index in [-0.39, 0.29) is 11.5 Å². The third-order valence-electron chi connectivity index (χ3n) is 7.24. The van der Waals surface area contributed by atoms with Crippen LogP contribution in [0.1, 0.15) is 11.1 Å². The number of imidazole rings is 1. The second-order valence-corrected chi connectivity index (χ2v) is 9.76. The number of rotatable bonds is 5. The Kier molecular flexibility index (Phi) is 5.98. The molecule has 2 N–H and O–H groups in total. The first-order valence-electron chi connectivity index (χ1n) is 13.2. The highest BCUT2D eigenvalue weighted by atomic mass is 16.3. The highest BCUT2D eigenvalue weighted by Gasteiger charge is 2.08. The Morgan fingerprint density at radius 2 is 1.15 bits per heavy atom. The van der Waals surface area contributed by atoms with E-state index >= 15 is 0 Å². The number of phenolic OH excluding ortho intramolecular Hbond substituents is 2. The van der Waals surface area contributed by atoms with Gasteiger partial charge in [0, 0.05) is 29.2 Å². The van der Waals surface area contributed by atoms with E-state index in [4.69, 9.17) is 0 Å². The van der Waals surface area contributed by atoms with E-state index in [0.29, 0.717) is 11.1 Å². The van der Waals surface area contributed by atoms with Gasteiger partial charge in [-0.3, -0.25) is 14.6 Å². The Morgan fingerprint density at radius 3 is 1.78 bits per heavy atom. The predicted octanol–water partition coefficient (Wildman–Crippen LogP) is 8.24. The quantitative estimate of drug-likeness (QED) is 0.219. The van der Waals surface area contributed by atoms with Crippen molar-refractivity contribution >= 4 is 56.4 Å². The number of benzene rings is 6. The van der Waals surface area contributed by atoms with Gasteiger partial charge in [0.25, 0.3) is 0 Å². The fourth-order valence-corrected chi connectivity index (χ4v) is 5.10. The number of aromatic hydroxyl groups is 2. The maximum Gasteiger partial charge on any atom is 0.124 e. The van der Waals surface area contributed by atoms with Crippen molar-refractivity contribution in [2.24, 2.45) is 9.98 Å². The Morgan fingerprint density at radius 1 is 0.585 bits per heavy atom. The fourth-order valence-electron chi connectivity index (χ4n) is 5.10. The van der Waals surface area contributed by atoms with Gasteiger partial charge in [-0.2, -0.15) is 0 Å². The Labute approximate surface area is 235 Å². The van der Waals surface area contributed by atoms with Crippen molar-refractivity contribution in [3.63, 3.8) is 0 Å². The van der Waals surface area contributed by atoms with E-state index < -0.39 is 0 Å². The van der Waals surface area contributed by atoms with Gasteiger partial charge in [-0.25, -0.2) is 4.98 Å². The van der Waals surface area contributed by atoms with E-state index in [1.54, 1.807) is 30.9 Å². The molecule has 0 saturated heterocycles. The lowest BCUT2D eigenvalue weighted by Crippen LogP contribution is -1.91. The molecule has 0 radical (unpaired) electrons. The van der Waals surface area contributed by atoms with Crippen molar-refractivity contribution in [3.8, 4) is 17.2 Å². The topological polar surface area (TPSA) is 83.0 Å². The van der Waals surface area contributed by atoms with Crippen LogP contribution in [0.15, 0.2) is 132 Å². The maximum absolute atomic E-state index is 10.4. The molecule has 0 aliphatic carbocycles. The van der Waals surface area contributed by atoms with Crippen molar-refractivity contribution in [1.82, 2.24) is 9.55 Å². The molecule has 7 aromatic rings. The SMILES string of the molecule is Oc1ccc2ccccc2c1C=Nc1ccc(-n2cnc3cc(N=Cc4c(O)ccc5ccccc45)ccc32)cc1. The molecule has 0 aliphatic rings. The molecule has 0 bridgehead atoms. The molecule has 0 aliphatic heterocycles. The van der Waals surface area contributed by atoms with E-state index in [1.165, 1.54) is 0 Å². The molecule has 0 fully saturated rings. The van der Waals surface area contributed by atoms with E-state index in [1.807, 2.05) is 108 Å². The minimum absolute atomic E-state index is 0.194. The molecule has 196 valence electrons. The highest BCUT2D eigenvalue weighted by molar-refractivity contribution is 6.04. The van der Waals surface area contributed by atoms with Crippen molar-refractivity contribution in [3.05, 3.63) is 133 Å². The summed E-state index contributed by atoms with van der Waals surface area (Å²) in [5, 5.41) is 24.8. The molecule has 7 rings (SSSR count). The van der Waals surface area contributed by atoms with Crippen LogP contribution in [0.5, 0.6) is 11.5 Å². The second kappa shape index (κ2) is 10.1. The number of aliphatic imine (C=N–C) groups is 2. The van der Waals surface area contributed by atoms with Crippen LogP contribution in [-0.2, 0) is 0 Å². The second-order valence-electron chi connectivity index (χ2n) is 9.76. The Hall–Kier alpha value is -5.75. The molecule has 0 saturated carbocycles. The van der Waals surface area contributed by atoms with Crippen molar-refractivity contribution in [2.45, 2.75) is 0 Å². The van der Waals surface area contributed by atoms with Crippen molar-refractivity contribution in [2.75, 3.05) is 0 Å². The molecule has 1 aromatic heterocycles. The van der Waals surface area contributed by atoms with Gasteiger partial charge in [-0.1, -0.05) is 60.7 Å². The summed E-state index contributed by atoms with van der Waals surface area (Å²) in [7, 11) is 0. The molecular formula is C35H24N4O2. The normalized spacial score (nSPS) is 11.9. The van der Waals surface area contributed by atoms with Crippen LogP contribution >= 0.6 is 0 Å². The molecule has 0 unspecified atom stereocenters. The first kappa shape index (κ1) is 24.3. The van der Waals surface area contributed by atoms with Crippen molar-refractivity contribution < 1.29 is 10.2 Å². The number of aromatic nitrogens is 2. The minimum Gasteiger partial charge on any atom is -0.507 e. The van der Waals surface area contributed by atoms with Crippen LogP contribution in [0.3, 0.4) is 0 Å². The zero-order valence-corrected chi connectivity index (χ0v) is 21.9. The Balaban J connectivity index is 1.14. The lowest BCUT2D eigenvalue weighted by Gasteiger charge is -2.06. The lowest BCUT2D eigenvalue weighted by molar-refractivity contribution is 0.475. The van der Waals surface area contributed by atoms with Gasteiger partial charge in [-0.05, 0) is 76.1 Å².